The number of hydrogen-bond acceptors (Lipinski definition) is 3. The maximum absolute atomic E-state index is 13.1. The van der Waals surface area contributed by atoms with Gasteiger partial charge in [-0.05, 0) is 46.8 Å². The van der Waals surface area contributed by atoms with E-state index in [1.165, 1.54) is 6.42 Å². The van der Waals surface area contributed by atoms with Gasteiger partial charge in [-0.25, -0.2) is 0 Å². The normalized spacial score (nSPS) is 24.1. The molecule has 0 aromatic carbocycles. The first-order valence-corrected chi connectivity index (χ1v) is 8.21. The van der Waals surface area contributed by atoms with Crippen LogP contribution in [0.25, 0.3) is 0 Å². The van der Waals surface area contributed by atoms with Gasteiger partial charge in [0.25, 0.3) is 0 Å². The van der Waals surface area contributed by atoms with Crippen molar-refractivity contribution in [3.8, 4) is 0 Å². The first-order chi connectivity index (χ1) is 9.94. The second kappa shape index (κ2) is 6.77. The molecule has 1 aliphatic heterocycles. The van der Waals surface area contributed by atoms with Crippen LogP contribution in [0, 0.1) is 0 Å². The Hall–Kier alpha value is -1.10. The van der Waals surface area contributed by atoms with E-state index in [1.807, 2.05) is 19.0 Å². The monoisotopic (exact) mass is 295 g/mol. The summed E-state index contributed by atoms with van der Waals surface area (Å²) in [6, 6.07) is 0.186. The fraction of sp³-hybridized carbons (Fsp3) is 0.875. The van der Waals surface area contributed by atoms with Gasteiger partial charge in [-0.2, -0.15) is 0 Å². The molecule has 0 aromatic heterocycles. The third kappa shape index (κ3) is 3.76. The van der Waals surface area contributed by atoms with E-state index in [2.05, 4.69) is 17.1 Å². The molecule has 1 N–H and O–H groups in total. The van der Waals surface area contributed by atoms with Gasteiger partial charge in [-0.15, -0.1) is 0 Å². The topological polar surface area (TPSA) is 52.6 Å². The molecular weight excluding hydrogens is 266 g/mol. The number of rotatable bonds is 4. The van der Waals surface area contributed by atoms with Crippen LogP contribution in [0.5, 0.6) is 0 Å². The lowest BCUT2D eigenvalue weighted by Gasteiger charge is -2.40. The predicted octanol–water partition coefficient (Wildman–Crippen LogP) is 1.38. The van der Waals surface area contributed by atoms with Gasteiger partial charge in [-0.3, -0.25) is 9.59 Å². The van der Waals surface area contributed by atoms with Crippen molar-refractivity contribution in [3.63, 3.8) is 0 Å². The lowest BCUT2D eigenvalue weighted by atomic mass is 9.80. The van der Waals surface area contributed by atoms with Crippen LogP contribution in [0.15, 0.2) is 0 Å². The number of carbonyl (C=O) groups excluding carboxylic acids is 2. The molecule has 2 aliphatic rings. The largest absolute Gasteiger partial charge is 0.342 e. The molecule has 1 atom stereocenters. The Morgan fingerprint density at radius 3 is 2.52 bits per heavy atom. The van der Waals surface area contributed by atoms with Crippen molar-refractivity contribution in [2.45, 2.75) is 63.5 Å². The van der Waals surface area contributed by atoms with Crippen molar-refractivity contribution in [2.24, 2.45) is 0 Å². The highest BCUT2D eigenvalue weighted by Gasteiger charge is 2.45. The standard InChI is InChI=1S/C16H29N3O2/c1-13(7-11-18(2)3)19-12-8-14(20)17-16(15(19)21)9-5-4-6-10-16/h13H,4-12H2,1-3H3,(H,17,20). The van der Waals surface area contributed by atoms with Crippen LogP contribution in [-0.2, 0) is 9.59 Å². The van der Waals surface area contributed by atoms with Crippen LogP contribution in [0.4, 0.5) is 0 Å². The molecule has 1 aliphatic carbocycles. The van der Waals surface area contributed by atoms with E-state index in [4.69, 9.17) is 0 Å². The molecule has 5 nitrogen and oxygen atoms in total. The number of hydrogen-bond donors (Lipinski definition) is 1. The molecule has 0 radical (unpaired) electrons. The summed E-state index contributed by atoms with van der Waals surface area (Å²) in [6.07, 6.45) is 6.21. The molecule has 0 bridgehead atoms. The SMILES string of the molecule is CC(CCN(C)C)N1CCC(=O)NC2(CCCCC2)C1=O. The summed E-state index contributed by atoms with van der Waals surface area (Å²) in [5, 5.41) is 3.05. The van der Waals surface area contributed by atoms with Crippen LogP contribution in [-0.4, -0.2) is 60.4 Å². The first kappa shape index (κ1) is 16.3. The first-order valence-electron chi connectivity index (χ1n) is 8.21. The lowest BCUT2D eigenvalue weighted by Crippen LogP contribution is -2.59. The van der Waals surface area contributed by atoms with Crippen molar-refractivity contribution in [1.29, 1.82) is 0 Å². The molecule has 1 unspecified atom stereocenters. The van der Waals surface area contributed by atoms with Crippen LogP contribution < -0.4 is 5.32 Å². The highest BCUT2D eigenvalue weighted by Crippen LogP contribution is 2.32. The molecule has 2 rings (SSSR count). The van der Waals surface area contributed by atoms with Crippen LogP contribution >= 0.6 is 0 Å². The van der Waals surface area contributed by atoms with Gasteiger partial charge in [-0.1, -0.05) is 19.3 Å². The van der Waals surface area contributed by atoms with Crippen LogP contribution in [0.1, 0.15) is 51.9 Å². The molecule has 5 heteroatoms. The zero-order valence-corrected chi connectivity index (χ0v) is 13.7. The minimum absolute atomic E-state index is 0.0348. The van der Waals surface area contributed by atoms with Gasteiger partial charge in [0.15, 0.2) is 0 Å². The molecular formula is C16H29N3O2. The highest BCUT2D eigenvalue weighted by molar-refractivity contribution is 5.93. The second-order valence-corrected chi connectivity index (χ2v) is 6.88. The van der Waals surface area contributed by atoms with Gasteiger partial charge in [0.1, 0.15) is 5.54 Å². The second-order valence-electron chi connectivity index (χ2n) is 6.88. The van der Waals surface area contributed by atoms with E-state index >= 15 is 0 Å². The molecule has 0 aromatic rings. The van der Waals surface area contributed by atoms with Crippen molar-refractivity contribution in [2.75, 3.05) is 27.2 Å². The fourth-order valence-electron chi connectivity index (χ4n) is 3.50. The number of amides is 2. The number of nitrogens with zero attached hydrogens (tertiary/aromatic N) is 2. The molecule has 21 heavy (non-hydrogen) atoms. The molecule has 1 spiro atoms. The Bertz CT molecular complexity index is 389. The minimum Gasteiger partial charge on any atom is -0.342 e. The molecule has 2 fully saturated rings. The van der Waals surface area contributed by atoms with Crippen molar-refractivity contribution in [3.05, 3.63) is 0 Å². The summed E-state index contributed by atoms with van der Waals surface area (Å²) in [6.45, 7) is 3.62. The van der Waals surface area contributed by atoms with Crippen molar-refractivity contribution in [1.82, 2.24) is 15.1 Å². The van der Waals surface area contributed by atoms with Crippen LogP contribution in [0.3, 0.4) is 0 Å². The highest BCUT2D eigenvalue weighted by atomic mass is 16.2. The average molecular weight is 295 g/mol. The number of carbonyl (C=O) groups is 2. The molecule has 1 saturated carbocycles. The maximum Gasteiger partial charge on any atom is 0.248 e. The van der Waals surface area contributed by atoms with E-state index in [0.29, 0.717) is 13.0 Å². The summed E-state index contributed by atoms with van der Waals surface area (Å²) < 4.78 is 0. The van der Waals surface area contributed by atoms with Gasteiger partial charge in [0.05, 0.1) is 0 Å². The van der Waals surface area contributed by atoms with Crippen molar-refractivity contribution >= 4 is 11.8 Å². The Labute approximate surface area is 128 Å². The van der Waals surface area contributed by atoms with E-state index in [0.717, 1.165) is 38.6 Å². The summed E-state index contributed by atoms with van der Waals surface area (Å²) >= 11 is 0. The summed E-state index contributed by atoms with van der Waals surface area (Å²) in [4.78, 5) is 29.2. The Kier molecular flexibility index (Phi) is 5.25. The van der Waals surface area contributed by atoms with E-state index in [1.54, 1.807) is 0 Å². The number of nitrogens with one attached hydrogen (secondary N) is 1. The average Bonchev–Trinajstić information content (AvgIpc) is 2.56. The molecule has 2 amide bonds. The van der Waals surface area contributed by atoms with E-state index in [-0.39, 0.29) is 17.9 Å². The third-order valence-electron chi connectivity index (χ3n) is 4.86. The quantitative estimate of drug-likeness (QED) is 0.852. The fourth-order valence-corrected chi connectivity index (χ4v) is 3.50. The Balaban J connectivity index is 2.13. The zero-order valence-electron chi connectivity index (χ0n) is 13.7. The Morgan fingerprint density at radius 1 is 1.24 bits per heavy atom. The minimum atomic E-state index is -0.613. The molecule has 1 heterocycles. The zero-order chi connectivity index (χ0) is 15.5. The van der Waals surface area contributed by atoms with Crippen LogP contribution in [0.2, 0.25) is 0 Å². The van der Waals surface area contributed by atoms with Gasteiger partial charge < -0.3 is 15.1 Å². The molecule has 120 valence electrons. The van der Waals surface area contributed by atoms with Gasteiger partial charge in [0.2, 0.25) is 11.8 Å². The van der Waals surface area contributed by atoms with Crippen molar-refractivity contribution < 1.29 is 9.59 Å². The smallest absolute Gasteiger partial charge is 0.248 e. The van der Waals surface area contributed by atoms with E-state index in [9.17, 15) is 9.59 Å². The van der Waals surface area contributed by atoms with Gasteiger partial charge >= 0.3 is 0 Å². The Morgan fingerprint density at radius 2 is 1.90 bits per heavy atom. The summed E-state index contributed by atoms with van der Waals surface area (Å²) in [5.41, 5.74) is -0.613. The van der Waals surface area contributed by atoms with E-state index < -0.39 is 5.54 Å². The lowest BCUT2D eigenvalue weighted by molar-refractivity contribution is -0.142. The summed E-state index contributed by atoms with van der Waals surface area (Å²) in [5.74, 6) is 0.187. The maximum atomic E-state index is 13.1. The third-order valence-corrected chi connectivity index (χ3v) is 4.86. The predicted molar refractivity (Wildman–Crippen MR) is 82.9 cm³/mol. The summed E-state index contributed by atoms with van der Waals surface area (Å²) in [7, 11) is 4.09. The van der Waals surface area contributed by atoms with Gasteiger partial charge in [0, 0.05) is 19.0 Å². The molecule has 1 saturated heterocycles.